The lowest BCUT2D eigenvalue weighted by atomic mass is 10.1. The van der Waals surface area contributed by atoms with E-state index in [1.54, 1.807) is 11.3 Å². The molecular weight excluding hydrogens is 255 g/mol. The topological polar surface area (TPSA) is 0 Å². The summed E-state index contributed by atoms with van der Waals surface area (Å²) in [5.74, 6) is -0.195. The SMILES string of the molecule is Cc1ccc(-c2csc(-c3ccc(F)cc3)c2)cc1. The first kappa shape index (κ1) is 12.1. The maximum atomic E-state index is 12.9. The van der Waals surface area contributed by atoms with Crippen LogP contribution in [-0.4, -0.2) is 0 Å². The Morgan fingerprint density at radius 3 is 2.11 bits per heavy atom. The molecule has 3 aromatic rings. The number of halogens is 1. The molecular formula is C17H13FS. The average Bonchev–Trinajstić information content (AvgIpc) is 2.90. The van der Waals surface area contributed by atoms with Gasteiger partial charge in [-0.2, -0.15) is 0 Å². The summed E-state index contributed by atoms with van der Waals surface area (Å²) < 4.78 is 12.9. The lowest BCUT2D eigenvalue weighted by Gasteiger charge is -1.98. The van der Waals surface area contributed by atoms with E-state index >= 15 is 0 Å². The first-order chi connectivity index (χ1) is 9.22. The van der Waals surface area contributed by atoms with Gasteiger partial charge in [0.15, 0.2) is 0 Å². The molecule has 1 heterocycles. The quantitative estimate of drug-likeness (QED) is 0.573. The molecule has 2 heteroatoms. The van der Waals surface area contributed by atoms with Gasteiger partial charge in [0.2, 0.25) is 0 Å². The molecule has 1 aromatic heterocycles. The summed E-state index contributed by atoms with van der Waals surface area (Å²) in [4.78, 5) is 1.16. The van der Waals surface area contributed by atoms with Crippen LogP contribution in [0.2, 0.25) is 0 Å². The Morgan fingerprint density at radius 1 is 0.789 bits per heavy atom. The molecule has 0 aliphatic carbocycles. The Balaban J connectivity index is 1.95. The van der Waals surface area contributed by atoms with Crippen LogP contribution in [-0.2, 0) is 0 Å². The van der Waals surface area contributed by atoms with Gasteiger partial charge in [0.25, 0.3) is 0 Å². The van der Waals surface area contributed by atoms with E-state index in [9.17, 15) is 4.39 Å². The van der Waals surface area contributed by atoms with Crippen molar-refractivity contribution in [3.05, 3.63) is 71.4 Å². The van der Waals surface area contributed by atoms with Gasteiger partial charge in [-0.15, -0.1) is 11.3 Å². The van der Waals surface area contributed by atoms with Gasteiger partial charge in [-0.05, 0) is 47.2 Å². The number of thiophene rings is 1. The van der Waals surface area contributed by atoms with Crippen molar-refractivity contribution in [3.63, 3.8) is 0 Å². The molecule has 0 saturated carbocycles. The third-order valence-electron chi connectivity index (χ3n) is 3.11. The van der Waals surface area contributed by atoms with E-state index in [1.165, 1.54) is 28.8 Å². The molecule has 0 spiro atoms. The summed E-state index contributed by atoms with van der Waals surface area (Å²) in [6.45, 7) is 2.08. The molecule has 0 fully saturated rings. The fourth-order valence-corrected chi connectivity index (χ4v) is 2.92. The van der Waals surface area contributed by atoms with Crippen molar-refractivity contribution in [1.29, 1.82) is 0 Å². The fourth-order valence-electron chi connectivity index (χ4n) is 2.00. The molecule has 2 aromatic carbocycles. The van der Waals surface area contributed by atoms with Crippen molar-refractivity contribution in [2.75, 3.05) is 0 Å². The molecule has 0 radical (unpaired) electrons. The molecule has 0 unspecified atom stereocenters. The van der Waals surface area contributed by atoms with Crippen LogP contribution in [0.15, 0.2) is 60.0 Å². The molecule has 0 bridgehead atoms. The third-order valence-corrected chi connectivity index (χ3v) is 4.09. The van der Waals surface area contributed by atoms with E-state index in [0.29, 0.717) is 0 Å². The molecule has 0 atom stereocenters. The van der Waals surface area contributed by atoms with Crippen LogP contribution >= 0.6 is 11.3 Å². The highest BCUT2D eigenvalue weighted by atomic mass is 32.1. The van der Waals surface area contributed by atoms with Gasteiger partial charge < -0.3 is 0 Å². The van der Waals surface area contributed by atoms with Crippen molar-refractivity contribution in [2.45, 2.75) is 6.92 Å². The Bertz CT molecular complexity index is 618. The van der Waals surface area contributed by atoms with Crippen molar-refractivity contribution in [1.82, 2.24) is 0 Å². The number of hydrogen-bond donors (Lipinski definition) is 0. The first-order valence-corrected chi connectivity index (χ1v) is 7.02. The molecule has 0 aliphatic heterocycles. The molecule has 19 heavy (non-hydrogen) atoms. The molecule has 0 saturated heterocycles. The van der Waals surface area contributed by atoms with E-state index in [1.807, 2.05) is 12.1 Å². The van der Waals surface area contributed by atoms with Gasteiger partial charge in [0.1, 0.15) is 5.82 Å². The summed E-state index contributed by atoms with van der Waals surface area (Å²) in [5.41, 5.74) is 4.75. The fraction of sp³-hybridized carbons (Fsp3) is 0.0588. The monoisotopic (exact) mass is 268 g/mol. The Kier molecular flexibility index (Phi) is 3.18. The van der Waals surface area contributed by atoms with Gasteiger partial charge >= 0.3 is 0 Å². The molecule has 0 aliphatic rings. The first-order valence-electron chi connectivity index (χ1n) is 6.14. The second kappa shape index (κ2) is 4.98. The zero-order valence-electron chi connectivity index (χ0n) is 10.6. The highest BCUT2D eigenvalue weighted by molar-refractivity contribution is 7.14. The minimum absolute atomic E-state index is 0.195. The van der Waals surface area contributed by atoms with Gasteiger partial charge in [0.05, 0.1) is 0 Å². The third kappa shape index (κ3) is 2.59. The molecule has 0 amide bonds. The van der Waals surface area contributed by atoms with E-state index < -0.39 is 0 Å². The highest BCUT2D eigenvalue weighted by Gasteiger charge is 2.04. The van der Waals surface area contributed by atoms with E-state index in [2.05, 4.69) is 42.6 Å². The van der Waals surface area contributed by atoms with Gasteiger partial charge in [-0.1, -0.05) is 42.0 Å². The van der Waals surface area contributed by atoms with Crippen LogP contribution < -0.4 is 0 Å². The maximum absolute atomic E-state index is 12.9. The van der Waals surface area contributed by atoms with Crippen LogP contribution in [0.4, 0.5) is 4.39 Å². The second-order valence-electron chi connectivity index (χ2n) is 4.57. The summed E-state index contributed by atoms with van der Waals surface area (Å²) in [6.07, 6.45) is 0. The van der Waals surface area contributed by atoms with Crippen molar-refractivity contribution >= 4 is 11.3 Å². The average molecular weight is 268 g/mol. The minimum atomic E-state index is -0.195. The standard InChI is InChI=1S/C17H13FS/c1-12-2-4-13(5-3-12)15-10-17(19-11-15)14-6-8-16(18)9-7-14/h2-11H,1H3. The van der Waals surface area contributed by atoms with Crippen molar-refractivity contribution in [2.24, 2.45) is 0 Å². The normalized spacial score (nSPS) is 10.6. The highest BCUT2D eigenvalue weighted by Crippen LogP contribution is 2.32. The van der Waals surface area contributed by atoms with Gasteiger partial charge in [-0.25, -0.2) is 4.39 Å². The molecule has 0 nitrogen and oxygen atoms in total. The second-order valence-corrected chi connectivity index (χ2v) is 5.48. The van der Waals surface area contributed by atoms with Crippen LogP contribution in [0.3, 0.4) is 0 Å². The predicted octanol–water partition coefficient (Wildman–Crippen LogP) is 5.53. The zero-order valence-corrected chi connectivity index (χ0v) is 11.4. The summed E-state index contributed by atoms with van der Waals surface area (Å²) in [6, 6.07) is 17.3. The smallest absolute Gasteiger partial charge is 0.123 e. The zero-order chi connectivity index (χ0) is 13.2. The van der Waals surface area contributed by atoms with E-state index in [4.69, 9.17) is 0 Å². The van der Waals surface area contributed by atoms with E-state index in [-0.39, 0.29) is 5.82 Å². The number of rotatable bonds is 2. The van der Waals surface area contributed by atoms with Crippen LogP contribution in [0.1, 0.15) is 5.56 Å². The number of hydrogen-bond acceptors (Lipinski definition) is 1. The van der Waals surface area contributed by atoms with Crippen LogP contribution in [0, 0.1) is 12.7 Å². The summed E-state index contributed by atoms with van der Waals surface area (Å²) in [5, 5.41) is 2.14. The molecule has 0 N–H and O–H groups in total. The summed E-state index contributed by atoms with van der Waals surface area (Å²) in [7, 11) is 0. The summed E-state index contributed by atoms with van der Waals surface area (Å²) >= 11 is 1.69. The Morgan fingerprint density at radius 2 is 1.42 bits per heavy atom. The minimum Gasteiger partial charge on any atom is -0.207 e. The van der Waals surface area contributed by atoms with Gasteiger partial charge in [0, 0.05) is 4.88 Å². The van der Waals surface area contributed by atoms with Gasteiger partial charge in [-0.3, -0.25) is 0 Å². The number of benzene rings is 2. The van der Waals surface area contributed by atoms with Crippen molar-refractivity contribution in [3.8, 4) is 21.6 Å². The Hall–Kier alpha value is -1.93. The molecule has 94 valence electrons. The maximum Gasteiger partial charge on any atom is 0.123 e. The lowest BCUT2D eigenvalue weighted by Crippen LogP contribution is -1.76. The largest absolute Gasteiger partial charge is 0.207 e. The molecule has 3 rings (SSSR count). The Labute approximate surface area is 116 Å². The van der Waals surface area contributed by atoms with Crippen LogP contribution in [0.5, 0.6) is 0 Å². The van der Waals surface area contributed by atoms with Crippen molar-refractivity contribution < 1.29 is 4.39 Å². The number of aryl methyl sites for hydroxylation is 1. The lowest BCUT2D eigenvalue weighted by molar-refractivity contribution is 0.628. The predicted molar refractivity (Wildman–Crippen MR) is 79.9 cm³/mol. The van der Waals surface area contributed by atoms with E-state index in [0.717, 1.165) is 10.4 Å². The van der Waals surface area contributed by atoms with Crippen LogP contribution in [0.25, 0.3) is 21.6 Å².